The molecule has 0 aliphatic heterocycles. The fourth-order valence-electron chi connectivity index (χ4n) is 1.26. The largest absolute Gasteiger partial charge is 0.481 e. The van der Waals surface area contributed by atoms with Gasteiger partial charge in [-0.2, -0.15) is 0 Å². The Morgan fingerprint density at radius 3 is 2.78 bits per heavy atom. The second-order valence-corrected chi connectivity index (χ2v) is 5.84. The highest BCUT2D eigenvalue weighted by atomic mass is 79.9. The average Bonchev–Trinajstić information content (AvgIpc) is 2.24. The van der Waals surface area contributed by atoms with Crippen molar-refractivity contribution in [3.63, 3.8) is 0 Å². The SMILES string of the molecule is CC(Oc1cccc(Br)c1)C(=O)NCC(C)(C)N. The highest BCUT2D eigenvalue weighted by Crippen LogP contribution is 2.18. The van der Waals surface area contributed by atoms with Crippen LogP contribution in [0.4, 0.5) is 0 Å². The Morgan fingerprint density at radius 1 is 1.56 bits per heavy atom. The Hall–Kier alpha value is -1.07. The molecule has 0 saturated carbocycles. The number of rotatable bonds is 5. The number of ether oxygens (including phenoxy) is 1. The second-order valence-electron chi connectivity index (χ2n) is 4.92. The Labute approximate surface area is 116 Å². The van der Waals surface area contributed by atoms with Crippen molar-refractivity contribution in [2.45, 2.75) is 32.4 Å². The monoisotopic (exact) mass is 314 g/mol. The fraction of sp³-hybridized carbons (Fsp3) is 0.462. The first-order valence-corrected chi connectivity index (χ1v) is 6.56. The molecule has 0 radical (unpaired) electrons. The minimum atomic E-state index is -0.554. The summed E-state index contributed by atoms with van der Waals surface area (Å²) >= 11 is 3.35. The fourth-order valence-corrected chi connectivity index (χ4v) is 1.63. The molecule has 0 aliphatic rings. The second kappa shape index (κ2) is 6.20. The molecule has 18 heavy (non-hydrogen) atoms. The smallest absolute Gasteiger partial charge is 0.260 e. The van der Waals surface area contributed by atoms with E-state index in [1.165, 1.54) is 0 Å². The van der Waals surface area contributed by atoms with Gasteiger partial charge in [0.15, 0.2) is 6.10 Å². The predicted octanol–water partition coefficient (Wildman–Crippen LogP) is 2.07. The van der Waals surface area contributed by atoms with Gasteiger partial charge in [0, 0.05) is 16.6 Å². The summed E-state index contributed by atoms with van der Waals surface area (Å²) in [5.74, 6) is 0.479. The van der Waals surface area contributed by atoms with E-state index < -0.39 is 11.6 Å². The molecule has 0 heterocycles. The van der Waals surface area contributed by atoms with Crippen LogP contribution in [0.25, 0.3) is 0 Å². The molecule has 0 aliphatic carbocycles. The molecule has 0 aromatic heterocycles. The summed E-state index contributed by atoms with van der Waals surface area (Å²) < 4.78 is 6.45. The molecule has 0 spiro atoms. The van der Waals surface area contributed by atoms with Crippen LogP contribution in [0.1, 0.15) is 20.8 Å². The predicted molar refractivity (Wildman–Crippen MR) is 75.5 cm³/mol. The maximum absolute atomic E-state index is 11.8. The number of nitrogens with one attached hydrogen (secondary N) is 1. The average molecular weight is 315 g/mol. The number of carbonyl (C=O) groups excluding carboxylic acids is 1. The van der Waals surface area contributed by atoms with Crippen molar-refractivity contribution < 1.29 is 9.53 Å². The van der Waals surface area contributed by atoms with E-state index in [1.807, 2.05) is 32.0 Å². The van der Waals surface area contributed by atoms with Crippen LogP contribution < -0.4 is 15.8 Å². The van der Waals surface area contributed by atoms with Gasteiger partial charge in [-0.15, -0.1) is 0 Å². The van der Waals surface area contributed by atoms with Crippen LogP contribution in [0.2, 0.25) is 0 Å². The van der Waals surface area contributed by atoms with Crippen LogP contribution in [0.5, 0.6) is 5.75 Å². The van der Waals surface area contributed by atoms with Crippen LogP contribution in [-0.2, 0) is 4.79 Å². The highest BCUT2D eigenvalue weighted by molar-refractivity contribution is 9.10. The first kappa shape index (κ1) is 15.0. The molecule has 100 valence electrons. The van der Waals surface area contributed by atoms with Crippen LogP contribution in [0, 0.1) is 0 Å². The van der Waals surface area contributed by atoms with E-state index in [9.17, 15) is 4.79 Å². The Morgan fingerprint density at radius 2 is 2.22 bits per heavy atom. The van der Waals surface area contributed by atoms with E-state index in [0.717, 1.165) is 4.47 Å². The van der Waals surface area contributed by atoms with E-state index >= 15 is 0 Å². The summed E-state index contributed by atoms with van der Waals surface area (Å²) in [5.41, 5.74) is 5.37. The molecular formula is C13H19BrN2O2. The van der Waals surface area contributed by atoms with Crippen LogP contribution in [-0.4, -0.2) is 24.1 Å². The van der Waals surface area contributed by atoms with Gasteiger partial charge >= 0.3 is 0 Å². The molecule has 1 aromatic carbocycles. The topological polar surface area (TPSA) is 64.3 Å². The number of hydrogen-bond donors (Lipinski definition) is 2. The van der Waals surface area contributed by atoms with Gasteiger partial charge in [0.25, 0.3) is 5.91 Å². The van der Waals surface area contributed by atoms with Crippen LogP contribution in [0.3, 0.4) is 0 Å². The van der Waals surface area contributed by atoms with Crippen molar-refractivity contribution in [2.75, 3.05) is 6.54 Å². The molecule has 0 saturated heterocycles. The molecule has 3 N–H and O–H groups in total. The molecule has 4 nitrogen and oxygen atoms in total. The lowest BCUT2D eigenvalue weighted by Gasteiger charge is -2.21. The lowest BCUT2D eigenvalue weighted by Crippen LogP contribution is -2.48. The molecule has 1 unspecified atom stereocenters. The van der Waals surface area contributed by atoms with Gasteiger partial charge in [0.2, 0.25) is 0 Å². The van der Waals surface area contributed by atoms with E-state index in [0.29, 0.717) is 12.3 Å². The van der Waals surface area contributed by atoms with Gasteiger partial charge in [-0.05, 0) is 39.0 Å². The zero-order valence-corrected chi connectivity index (χ0v) is 12.5. The van der Waals surface area contributed by atoms with Crippen molar-refractivity contribution in [1.82, 2.24) is 5.32 Å². The van der Waals surface area contributed by atoms with Gasteiger partial charge in [0.1, 0.15) is 5.75 Å². The molecule has 1 aromatic rings. The summed E-state index contributed by atoms with van der Waals surface area (Å²) in [6.45, 7) is 5.83. The number of amides is 1. The first-order valence-electron chi connectivity index (χ1n) is 5.77. The first-order chi connectivity index (χ1) is 8.28. The van der Waals surface area contributed by atoms with Crippen molar-refractivity contribution in [3.05, 3.63) is 28.7 Å². The van der Waals surface area contributed by atoms with E-state index in [1.54, 1.807) is 13.0 Å². The van der Waals surface area contributed by atoms with E-state index in [-0.39, 0.29) is 5.91 Å². The molecule has 5 heteroatoms. The Kier molecular flexibility index (Phi) is 5.16. The van der Waals surface area contributed by atoms with E-state index in [2.05, 4.69) is 21.2 Å². The van der Waals surface area contributed by atoms with Crippen molar-refractivity contribution in [3.8, 4) is 5.75 Å². The Balaban J connectivity index is 2.50. The molecular weight excluding hydrogens is 296 g/mol. The number of hydrogen-bond acceptors (Lipinski definition) is 3. The number of nitrogens with two attached hydrogens (primary N) is 1. The van der Waals surface area contributed by atoms with E-state index in [4.69, 9.17) is 10.5 Å². The van der Waals surface area contributed by atoms with Crippen molar-refractivity contribution >= 4 is 21.8 Å². The number of carbonyl (C=O) groups is 1. The maximum atomic E-state index is 11.8. The van der Waals surface area contributed by atoms with Crippen molar-refractivity contribution in [2.24, 2.45) is 5.73 Å². The third kappa shape index (κ3) is 5.51. The molecule has 1 rings (SSSR count). The number of benzene rings is 1. The summed E-state index contributed by atoms with van der Waals surface area (Å²) in [5, 5.41) is 2.76. The minimum absolute atomic E-state index is 0.173. The summed E-state index contributed by atoms with van der Waals surface area (Å²) in [6.07, 6.45) is -0.554. The van der Waals surface area contributed by atoms with Crippen LogP contribution >= 0.6 is 15.9 Å². The lowest BCUT2D eigenvalue weighted by atomic mass is 10.1. The van der Waals surface area contributed by atoms with Gasteiger partial charge in [-0.1, -0.05) is 22.0 Å². The van der Waals surface area contributed by atoms with Gasteiger partial charge < -0.3 is 15.8 Å². The molecule has 0 fully saturated rings. The Bertz CT molecular complexity index is 416. The summed E-state index contributed by atoms with van der Waals surface area (Å²) in [6, 6.07) is 7.37. The maximum Gasteiger partial charge on any atom is 0.260 e. The molecule has 0 bridgehead atoms. The van der Waals surface area contributed by atoms with Gasteiger partial charge in [-0.25, -0.2) is 0 Å². The highest BCUT2D eigenvalue weighted by Gasteiger charge is 2.18. The third-order valence-corrected chi connectivity index (χ3v) is 2.69. The molecule has 1 atom stereocenters. The molecule has 1 amide bonds. The standard InChI is InChI=1S/C13H19BrN2O2/c1-9(12(17)16-8-13(2,3)15)18-11-6-4-5-10(14)7-11/h4-7,9H,8,15H2,1-3H3,(H,16,17). The zero-order chi connectivity index (χ0) is 13.8. The quantitative estimate of drug-likeness (QED) is 0.874. The summed E-state index contributed by atoms with van der Waals surface area (Å²) in [4.78, 5) is 11.8. The van der Waals surface area contributed by atoms with Crippen LogP contribution in [0.15, 0.2) is 28.7 Å². The normalized spacial score (nSPS) is 12.9. The van der Waals surface area contributed by atoms with Crippen molar-refractivity contribution in [1.29, 1.82) is 0 Å². The third-order valence-electron chi connectivity index (χ3n) is 2.20. The number of halogens is 1. The zero-order valence-electron chi connectivity index (χ0n) is 10.9. The van der Waals surface area contributed by atoms with Gasteiger partial charge in [0.05, 0.1) is 0 Å². The van der Waals surface area contributed by atoms with Gasteiger partial charge in [-0.3, -0.25) is 4.79 Å². The lowest BCUT2D eigenvalue weighted by molar-refractivity contribution is -0.127. The minimum Gasteiger partial charge on any atom is -0.481 e. The summed E-state index contributed by atoms with van der Waals surface area (Å²) in [7, 11) is 0.